The monoisotopic (exact) mass is 281 g/mol. The average Bonchev–Trinajstić information content (AvgIpc) is 2.96. The summed E-state index contributed by atoms with van der Waals surface area (Å²) >= 11 is 1.94. The fourth-order valence-electron chi connectivity index (χ4n) is 2.04. The summed E-state index contributed by atoms with van der Waals surface area (Å²) in [7, 11) is 1.73. The summed E-state index contributed by atoms with van der Waals surface area (Å²) in [6.45, 7) is 4.45. The van der Waals surface area contributed by atoms with Gasteiger partial charge in [-0.3, -0.25) is 0 Å². The normalized spacial score (nSPS) is 18.9. The van der Waals surface area contributed by atoms with Crippen LogP contribution in [0.3, 0.4) is 0 Å². The van der Waals surface area contributed by atoms with Gasteiger partial charge >= 0.3 is 0 Å². The smallest absolute Gasteiger partial charge is 0.0587 e. The molecule has 0 saturated carbocycles. The summed E-state index contributed by atoms with van der Waals surface area (Å²) in [4.78, 5) is 1.35. The molecule has 0 amide bonds. The Labute approximate surface area is 120 Å². The van der Waals surface area contributed by atoms with Crippen LogP contribution in [-0.2, 0) is 16.0 Å². The van der Waals surface area contributed by atoms with Crippen LogP contribution in [0.15, 0.2) is 29.2 Å². The van der Waals surface area contributed by atoms with E-state index >= 15 is 0 Å². The highest BCUT2D eigenvalue weighted by Gasteiger charge is 2.15. The minimum Gasteiger partial charge on any atom is -0.383 e. The molecule has 1 saturated heterocycles. The number of nitrogens with one attached hydrogen (secondary N) is 1. The fraction of sp³-hybridized carbons (Fsp3) is 0.600. The minimum absolute atomic E-state index is 0.736. The molecule has 0 bridgehead atoms. The molecule has 3 nitrogen and oxygen atoms in total. The van der Waals surface area contributed by atoms with Gasteiger partial charge in [0.25, 0.3) is 0 Å². The number of methoxy groups -OCH3 is 1. The molecule has 1 aromatic rings. The molecule has 1 unspecified atom stereocenters. The molecule has 1 N–H and O–H groups in total. The van der Waals surface area contributed by atoms with Crippen molar-refractivity contribution in [2.45, 2.75) is 17.9 Å². The molecule has 0 radical (unpaired) electrons. The number of thioether (sulfide) groups is 1. The van der Waals surface area contributed by atoms with Crippen LogP contribution in [0.5, 0.6) is 0 Å². The second-order valence-corrected chi connectivity index (χ2v) is 5.95. The number of hydrogen-bond donors (Lipinski definition) is 1. The van der Waals surface area contributed by atoms with Gasteiger partial charge in [0.15, 0.2) is 0 Å². The van der Waals surface area contributed by atoms with Gasteiger partial charge in [0, 0.05) is 37.5 Å². The highest BCUT2D eigenvalue weighted by Crippen LogP contribution is 2.24. The third-order valence-corrected chi connectivity index (χ3v) is 4.49. The van der Waals surface area contributed by atoms with Crippen molar-refractivity contribution in [3.8, 4) is 0 Å². The molecule has 106 valence electrons. The van der Waals surface area contributed by atoms with Crippen molar-refractivity contribution in [2.75, 3.05) is 39.2 Å². The number of ether oxygens (including phenoxy) is 2. The van der Waals surface area contributed by atoms with Crippen molar-refractivity contribution < 1.29 is 9.47 Å². The first kappa shape index (κ1) is 14.9. The third kappa shape index (κ3) is 5.53. The Bertz CT molecular complexity index is 350. The Balaban J connectivity index is 1.68. The zero-order valence-corrected chi connectivity index (χ0v) is 12.4. The highest BCUT2D eigenvalue weighted by molar-refractivity contribution is 7.99. The van der Waals surface area contributed by atoms with Gasteiger partial charge in [-0.05, 0) is 30.0 Å². The minimum atomic E-state index is 0.736. The molecular weight excluding hydrogens is 258 g/mol. The van der Waals surface area contributed by atoms with Crippen molar-refractivity contribution >= 4 is 11.8 Å². The molecule has 2 rings (SSSR count). The molecule has 1 fully saturated rings. The number of rotatable bonds is 8. The molecule has 0 aromatic heterocycles. The SMILES string of the molecule is COCCNCc1ccc(SCC2CCOC2)cc1. The molecule has 1 atom stereocenters. The van der Waals surface area contributed by atoms with Crippen molar-refractivity contribution in [1.29, 1.82) is 0 Å². The third-order valence-electron chi connectivity index (χ3n) is 3.25. The lowest BCUT2D eigenvalue weighted by Crippen LogP contribution is -2.18. The van der Waals surface area contributed by atoms with E-state index in [1.165, 1.54) is 22.6 Å². The summed E-state index contributed by atoms with van der Waals surface area (Å²) < 4.78 is 10.4. The first-order valence-electron chi connectivity index (χ1n) is 6.87. The molecule has 19 heavy (non-hydrogen) atoms. The lowest BCUT2D eigenvalue weighted by Gasteiger charge is -2.08. The van der Waals surface area contributed by atoms with E-state index in [0.717, 1.165) is 38.8 Å². The first-order valence-corrected chi connectivity index (χ1v) is 7.86. The average molecular weight is 281 g/mol. The standard InChI is InChI=1S/C15H23NO2S/c1-17-9-7-16-10-13-2-4-15(5-3-13)19-12-14-6-8-18-11-14/h2-5,14,16H,6-12H2,1H3. The van der Waals surface area contributed by atoms with Gasteiger partial charge in [0.2, 0.25) is 0 Å². The molecular formula is C15H23NO2S. The van der Waals surface area contributed by atoms with E-state index in [0.29, 0.717) is 0 Å². The van der Waals surface area contributed by atoms with E-state index in [9.17, 15) is 0 Å². The van der Waals surface area contributed by atoms with Crippen LogP contribution in [0.1, 0.15) is 12.0 Å². The van der Waals surface area contributed by atoms with Gasteiger partial charge in [-0.25, -0.2) is 0 Å². The molecule has 1 aromatic carbocycles. The topological polar surface area (TPSA) is 30.5 Å². The summed E-state index contributed by atoms with van der Waals surface area (Å²) in [6.07, 6.45) is 1.22. The number of benzene rings is 1. The molecule has 0 aliphatic carbocycles. The van der Waals surface area contributed by atoms with Gasteiger partial charge < -0.3 is 14.8 Å². The molecule has 4 heteroatoms. The van der Waals surface area contributed by atoms with Gasteiger partial charge in [0.05, 0.1) is 13.2 Å². The van der Waals surface area contributed by atoms with Gasteiger partial charge in [-0.2, -0.15) is 0 Å². The summed E-state index contributed by atoms with van der Waals surface area (Å²) in [6, 6.07) is 8.84. The van der Waals surface area contributed by atoms with Gasteiger partial charge in [-0.15, -0.1) is 11.8 Å². The van der Waals surface area contributed by atoms with E-state index in [4.69, 9.17) is 9.47 Å². The first-order chi connectivity index (χ1) is 9.38. The Hall–Kier alpha value is -0.550. The Kier molecular flexibility index (Phi) is 6.71. The van der Waals surface area contributed by atoms with E-state index in [2.05, 4.69) is 29.6 Å². The Morgan fingerprint density at radius 2 is 2.21 bits per heavy atom. The van der Waals surface area contributed by atoms with E-state index in [1.54, 1.807) is 7.11 Å². The van der Waals surface area contributed by atoms with Crippen molar-refractivity contribution in [3.63, 3.8) is 0 Å². The molecule has 0 spiro atoms. The number of hydrogen-bond acceptors (Lipinski definition) is 4. The molecule has 1 aliphatic rings. The zero-order valence-electron chi connectivity index (χ0n) is 11.6. The van der Waals surface area contributed by atoms with E-state index < -0.39 is 0 Å². The van der Waals surface area contributed by atoms with Crippen LogP contribution in [0, 0.1) is 5.92 Å². The second-order valence-electron chi connectivity index (χ2n) is 4.85. The second kappa shape index (κ2) is 8.59. The fourth-order valence-corrected chi connectivity index (χ4v) is 3.06. The van der Waals surface area contributed by atoms with Crippen molar-refractivity contribution in [2.24, 2.45) is 5.92 Å². The van der Waals surface area contributed by atoms with Crippen molar-refractivity contribution in [3.05, 3.63) is 29.8 Å². The summed E-state index contributed by atoms with van der Waals surface area (Å²) in [5.41, 5.74) is 1.32. The maximum Gasteiger partial charge on any atom is 0.0587 e. The van der Waals surface area contributed by atoms with Crippen LogP contribution in [0.4, 0.5) is 0 Å². The van der Waals surface area contributed by atoms with Gasteiger partial charge in [-0.1, -0.05) is 12.1 Å². The Morgan fingerprint density at radius 3 is 2.89 bits per heavy atom. The van der Waals surface area contributed by atoms with Crippen LogP contribution in [0.25, 0.3) is 0 Å². The Morgan fingerprint density at radius 1 is 1.37 bits per heavy atom. The van der Waals surface area contributed by atoms with Crippen LogP contribution >= 0.6 is 11.8 Å². The lowest BCUT2D eigenvalue weighted by molar-refractivity contribution is 0.189. The summed E-state index contributed by atoms with van der Waals surface area (Å²) in [5.74, 6) is 1.91. The maximum absolute atomic E-state index is 5.40. The van der Waals surface area contributed by atoms with E-state index in [-0.39, 0.29) is 0 Å². The van der Waals surface area contributed by atoms with Crippen LogP contribution in [-0.4, -0.2) is 39.2 Å². The highest BCUT2D eigenvalue weighted by atomic mass is 32.2. The van der Waals surface area contributed by atoms with Crippen molar-refractivity contribution in [1.82, 2.24) is 5.32 Å². The lowest BCUT2D eigenvalue weighted by atomic mass is 10.2. The van der Waals surface area contributed by atoms with Gasteiger partial charge in [0.1, 0.15) is 0 Å². The molecule has 1 heterocycles. The predicted octanol–water partition coefficient (Wildman–Crippen LogP) is 2.55. The van der Waals surface area contributed by atoms with E-state index in [1.807, 2.05) is 11.8 Å². The van der Waals surface area contributed by atoms with Crippen LogP contribution < -0.4 is 5.32 Å². The van der Waals surface area contributed by atoms with Crippen LogP contribution in [0.2, 0.25) is 0 Å². The molecule has 1 aliphatic heterocycles. The quantitative estimate of drug-likeness (QED) is 0.586. The largest absolute Gasteiger partial charge is 0.383 e. The summed E-state index contributed by atoms with van der Waals surface area (Å²) in [5, 5.41) is 3.35. The maximum atomic E-state index is 5.40. The predicted molar refractivity (Wildman–Crippen MR) is 79.7 cm³/mol. The zero-order chi connectivity index (χ0) is 13.3.